The second-order valence-corrected chi connectivity index (χ2v) is 5.75. The Hall–Kier alpha value is -3.05. The Morgan fingerprint density at radius 1 is 0.960 bits per heavy atom. The number of nitrogens with zero attached hydrogens (tertiary/aromatic N) is 2. The normalized spacial score (nSPS) is 10.5. The van der Waals surface area contributed by atoms with Crippen LogP contribution in [-0.4, -0.2) is 15.9 Å². The van der Waals surface area contributed by atoms with Crippen LogP contribution in [0.3, 0.4) is 0 Å². The van der Waals surface area contributed by atoms with Crippen LogP contribution < -0.4 is 11.3 Å². The lowest BCUT2D eigenvalue weighted by molar-refractivity contribution is 0.0943. The minimum Gasteiger partial charge on any atom is -0.287 e. The fourth-order valence-corrected chi connectivity index (χ4v) is 2.65. The summed E-state index contributed by atoms with van der Waals surface area (Å²) in [5.41, 5.74) is 6.61. The molecule has 0 saturated heterocycles. The van der Waals surface area contributed by atoms with E-state index in [1.807, 2.05) is 48.5 Å². The summed E-state index contributed by atoms with van der Waals surface area (Å²) in [5, 5.41) is 0. The molecule has 3 aromatic rings. The highest BCUT2D eigenvalue weighted by Gasteiger charge is 2.13. The molecule has 0 aliphatic carbocycles. The van der Waals surface area contributed by atoms with Gasteiger partial charge in [-0.3, -0.25) is 10.2 Å². The summed E-state index contributed by atoms with van der Waals surface area (Å²) in [6.07, 6.45) is 2.14. The van der Waals surface area contributed by atoms with E-state index in [2.05, 4.69) is 34.5 Å². The van der Waals surface area contributed by atoms with Crippen LogP contribution in [0.2, 0.25) is 0 Å². The van der Waals surface area contributed by atoms with Gasteiger partial charge in [-0.25, -0.2) is 15.8 Å². The number of hydrogen-bond donors (Lipinski definition) is 2. The van der Waals surface area contributed by atoms with Crippen LogP contribution in [0.25, 0.3) is 22.5 Å². The van der Waals surface area contributed by atoms with Gasteiger partial charge in [0.15, 0.2) is 0 Å². The molecule has 0 aliphatic rings. The van der Waals surface area contributed by atoms with Gasteiger partial charge in [0, 0.05) is 11.1 Å². The zero-order valence-corrected chi connectivity index (χ0v) is 14.1. The predicted octanol–water partition coefficient (Wildman–Crippen LogP) is 3.37. The number of rotatable bonds is 5. The van der Waals surface area contributed by atoms with E-state index >= 15 is 0 Å². The van der Waals surface area contributed by atoms with E-state index in [4.69, 9.17) is 5.84 Å². The van der Waals surface area contributed by atoms with Gasteiger partial charge in [0.25, 0.3) is 0 Å². The Kier molecular flexibility index (Phi) is 5.16. The van der Waals surface area contributed by atoms with Crippen molar-refractivity contribution in [2.75, 3.05) is 0 Å². The van der Waals surface area contributed by atoms with Gasteiger partial charge in [0.05, 0.1) is 11.4 Å². The van der Waals surface area contributed by atoms with Crippen LogP contribution in [0.1, 0.15) is 29.5 Å². The molecule has 0 spiro atoms. The fraction of sp³-hybridized carbons (Fsp3) is 0.150. The van der Waals surface area contributed by atoms with Crippen LogP contribution in [0.4, 0.5) is 0 Å². The molecule has 0 unspecified atom stereocenters. The minimum absolute atomic E-state index is 0.0523. The first-order valence-electron chi connectivity index (χ1n) is 8.26. The van der Waals surface area contributed by atoms with Crippen LogP contribution >= 0.6 is 0 Å². The molecule has 1 aromatic heterocycles. The molecular weight excluding hydrogens is 312 g/mol. The van der Waals surface area contributed by atoms with Crippen molar-refractivity contribution in [2.24, 2.45) is 5.84 Å². The topological polar surface area (TPSA) is 80.9 Å². The van der Waals surface area contributed by atoms with Crippen molar-refractivity contribution in [3.63, 3.8) is 0 Å². The summed E-state index contributed by atoms with van der Waals surface area (Å²) >= 11 is 0. The molecule has 1 amide bonds. The second kappa shape index (κ2) is 7.68. The zero-order valence-electron chi connectivity index (χ0n) is 14.1. The first-order valence-corrected chi connectivity index (χ1v) is 8.26. The summed E-state index contributed by atoms with van der Waals surface area (Å²) in [4.78, 5) is 20.7. The molecule has 0 bridgehead atoms. The summed E-state index contributed by atoms with van der Waals surface area (Å²) in [7, 11) is 0. The van der Waals surface area contributed by atoms with Gasteiger partial charge in [-0.15, -0.1) is 0 Å². The number of nitrogens with one attached hydrogen (secondary N) is 1. The van der Waals surface area contributed by atoms with Gasteiger partial charge < -0.3 is 0 Å². The molecule has 126 valence electrons. The van der Waals surface area contributed by atoms with Gasteiger partial charge >= 0.3 is 5.91 Å². The maximum Gasteiger partial charge on any atom is 0.302 e. The third-order valence-corrected chi connectivity index (χ3v) is 3.92. The van der Waals surface area contributed by atoms with Gasteiger partial charge in [-0.05, 0) is 18.1 Å². The number of aryl methyl sites for hydroxylation is 1. The van der Waals surface area contributed by atoms with Crippen molar-refractivity contribution < 1.29 is 4.79 Å². The van der Waals surface area contributed by atoms with Crippen molar-refractivity contribution in [3.8, 4) is 22.5 Å². The lowest BCUT2D eigenvalue weighted by Gasteiger charge is -2.09. The molecule has 1 heterocycles. The maximum atomic E-state index is 12.0. The molecule has 0 saturated carbocycles. The average molecular weight is 332 g/mol. The maximum absolute atomic E-state index is 12.0. The van der Waals surface area contributed by atoms with Gasteiger partial charge in [0.1, 0.15) is 0 Å². The van der Waals surface area contributed by atoms with Crippen LogP contribution in [0.5, 0.6) is 0 Å². The first kappa shape index (κ1) is 16.8. The Labute approximate surface area is 146 Å². The van der Waals surface area contributed by atoms with E-state index in [1.165, 1.54) is 5.56 Å². The van der Waals surface area contributed by atoms with E-state index in [1.54, 1.807) is 0 Å². The molecule has 0 atom stereocenters. The molecule has 0 radical (unpaired) electrons. The third-order valence-electron chi connectivity index (χ3n) is 3.92. The fourth-order valence-electron chi connectivity index (χ4n) is 2.65. The van der Waals surface area contributed by atoms with E-state index in [0.717, 1.165) is 24.0 Å². The second-order valence-electron chi connectivity index (χ2n) is 5.75. The van der Waals surface area contributed by atoms with Crippen molar-refractivity contribution in [1.82, 2.24) is 15.4 Å². The Morgan fingerprint density at radius 3 is 2.12 bits per heavy atom. The molecule has 5 heteroatoms. The summed E-state index contributed by atoms with van der Waals surface area (Å²) in [6.45, 7) is 2.15. The Morgan fingerprint density at radius 2 is 1.56 bits per heavy atom. The lowest BCUT2D eigenvalue weighted by Crippen LogP contribution is -2.31. The third kappa shape index (κ3) is 3.89. The van der Waals surface area contributed by atoms with E-state index < -0.39 is 5.91 Å². The molecule has 0 fully saturated rings. The predicted molar refractivity (Wildman–Crippen MR) is 98.6 cm³/mol. The van der Waals surface area contributed by atoms with Crippen molar-refractivity contribution in [2.45, 2.75) is 19.8 Å². The molecule has 5 nitrogen and oxygen atoms in total. The number of carbonyl (C=O) groups excluding carboxylic acids is 1. The quantitative estimate of drug-likeness (QED) is 0.426. The zero-order chi connectivity index (χ0) is 17.6. The van der Waals surface area contributed by atoms with E-state index in [9.17, 15) is 4.79 Å². The number of nitrogens with two attached hydrogens (primary N) is 1. The number of amides is 1. The van der Waals surface area contributed by atoms with Crippen LogP contribution in [0, 0.1) is 0 Å². The molecule has 2 aromatic carbocycles. The number of hydrazine groups is 1. The van der Waals surface area contributed by atoms with Gasteiger partial charge in [-0.1, -0.05) is 67.9 Å². The average Bonchev–Trinajstić information content (AvgIpc) is 2.68. The number of carbonyl (C=O) groups is 1. The summed E-state index contributed by atoms with van der Waals surface area (Å²) < 4.78 is 0. The van der Waals surface area contributed by atoms with E-state index in [0.29, 0.717) is 11.4 Å². The summed E-state index contributed by atoms with van der Waals surface area (Å²) in [6, 6.07) is 19.8. The van der Waals surface area contributed by atoms with Crippen molar-refractivity contribution in [1.29, 1.82) is 0 Å². The Balaban J connectivity index is 2.07. The molecule has 0 aliphatic heterocycles. The van der Waals surface area contributed by atoms with Crippen LogP contribution in [0.15, 0.2) is 60.7 Å². The number of benzene rings is 2. The highest BCUT2D eigenvalue weighted by atomic mass is 16.2. The lowest BCUT2D eigenvalue weighted by atomic mass is 10.0. The molecule has 3 rings (SSSR count). The van der Waals surface area contributed by atoms with Gasteiger partial charge in [0.2, 0.25) is 5.82 Å². The van der Waals surface area contributed by atoms with Crippen molar-refractivity contribution in [3.05, 3.63) is 72.1 Å². The Bertz CT molecular complexity index is 861. The highest BCUT2D eigenvalue weighted by molar-refractivity contribution is 5.91. The highest BCUT2D eigenvalue weighted by Crippen LogP contribution is 2.24. The summed E-state index contributed by atoms with van der Waals surface area (Å²) in [5.74, 6) is 4.80. The van der Waals surface area contributed by atoms with Crippen molar-refractivity contribution >= 4 is 5.91 Å². The molecule has 3 N–H and O–H groups in total. The standard InChI is InChI=1S/C20H20N4O/c1-2-6-14-9-11-16(12-10-14)18-13-17(15-7-4-3-5-8-15)22-19(23-18)20(25)24-21/h3-5,7-13H,2,6,21H2,1H3,(H,24,25). The number of nitrogen functional groups attached to an aromatic ring is 1. The smallest absolute Gasteiger partial charge is 0.287 e. The molecule has 25 heavy (non-hydrogen) atoms. The molecular formula is C20H20N4O. The van der Waals surface area contributed by atoms with Crippen LogP contribution in [-0.2, 0) is 6.42 Å². The minimum atomic E-state index is -0.512. The number of hydrogen-bond acceptors (Lipinski definition) is 4. The van der Waals surface area contributed by atoms with E-state index in [-0.39, 0.29) is 5.82 Å². The largest absolute Gasteiger partial charge is 0.302 e. The van der Waals surface area contributed by atoms with Gasteiger partial charge in [-0.2, -0.15) is 0 Å². The number of aromatic nitrogens is 2. The SMILES string of the molecule is CCCc1ccc(-c2cc(-c3ccccc3)nc(C(=O)NN)n2)cc1. The monoisotopic (exact) mass is 332 g/mol. The first-order chi connectivity index (χ1) is 12.2.